The smallest absolute Gasteiger partial charge is 0.111 e. The van der Waals surface area contributed by atoms with Crippen molar-refractivity contribution in [1.29, 1.82) is 0 Å². The molecule has 2 N–H and O–H groups in total. The molecule has 0 aliphatic carbocycles. The number of ether oxygens (including phenoxy) is 1. The van der Waals surface area contributed by atoms with Gasteiger partial charge in [-0.2, -0.15) is 0 Å². The van der Waals surface area contributed by atoms with Crippen molar-refractivity contribution in [2.24, 2.45) is 0 Å². The van der Waals surface area contributed by atoms with Crippen molar-refractivity contribution in [2.45, 2.75) is 24.6 Å². The Kier molecular flexibility index (Phi) is 2.68. The van der Waals surface area contributed by atoms with Crippen LogP contribution >= 0.6 is 0 Å². The van der Waals surface area contributed by atoms with Crippen LogP contribution in [0.4, 0.5) is 0 Å². The normalized spacial score (nSPS) is 40.4. The summed E-state index contributed by atoms with van der Waals surface area (Å²) in [5.74, 6) is 0. The largest absolute Gasteiger partial charge is 0.390 e. The maximum Gasteiger partial charge on any atom is 0.111 e. The van der Waals surface area contributed by atoms with Gasteiger partial charge in [0.2, 0.25) is 0 Å². The van der Waals surface area contributed by atoms with Gasteiger partial charge in [0.25, 0.3) is 0 Å². The van der Waals surface area contributed by atoms with Gasteiger partial charge in [0.15, 0.2) is 0 Å². The first-order chi connectivity index (χ1) is 4.74. The van der Waals surface area contributed by atoms with E-state index in [1.165, 1.54) is 0 Å². The first-order valence-electron chi connectivity index (χ1n) is 3.09. The Morgan fingerprint density at radius 2 is 2.40 bits per heavy atom. The van der Waals surface area contributed by atoms with Gasteiger partial charge in [0.1, 0.15) is 20.6 Å². The summed E-state index contributed by atoms with van der Waals surface area (Å²) in [6.45, 7) is -0.0329. The second kappa shape index (κ2) is 3.34. The van der Waals surface area contributed by atoms with Gasteiger partial charge in [-0.1, -0.05) is 0 Å². The number of rotatable bonds is 2. The van der Waals surface area contributed by atoms with Crippen LogP contribution in [0.3, 0.4) is 0 Å². The zero-order valence-corrected chi connectivity index (χ0v) is 5.43. The molecule has 0 aromatic rings. The minimum absolute atomic E-state index is 0.0329. The van der Waals surface area contributed by atoms with Crippen LogP contribution in [0.25, 0.3) is 0 Å². The Bertz CT molecular complexity index is 110. The van der Waals surface area contributed by atoms with Gasteiger partial charge < -0.3 is 9.84 Å². The van der Waals surface area contributed by atoms with Gasteiger partial charge in [-0.25, -0.2) is 4.89 Å². The minimum atomic E-state index is -0.623. The summed E-state index contributed by atoms with van der Waals surface area (Å²) in [5, 5.41) is 17.1. The lowest BCUT2D eigenvalue weighted by Gasteiger charge is -2.10. The van der Waals surface area contributed by atoms with Crippen molar-refractivity contribution in [3.8, 4) is 0 Å². The van der Waals surface area contributed by atoms with Crippen molar-refractivity contribution in [3.05, 3.63) is 0 Å². The zero-order chi connectivity index (χ0) is 7.56. The fourth-order valence-corrected chi connectivity index (χ4v) is 0.984. The van der Waals surface area contributed by atoms with Gasteiger partial charge in [-0.05, 0) is 6.42 Å². The predicted octanol–water partition coefficient (Wildman–Crippen LogP) is -0.880. The zero-order valence-electron chi connectivity index (χ0n) is 5.43. The molecule has 1 aliphatic heterocycles. The standard InChI is InChI=1S/C5H9BO4/c6-5-1-3(7)4(10-5)2-9-8/h3-5,7-8H,1-2H2/t3?,4-,5-/m1/s1. The second-order valence-electron chi connectivity index (χ2n) is 2.31. The molecule has 0 bridgehead atoms. The molecular formula is C5H9BO4. The van der Waals surface area contributed by atoms with E-state index in [1.807, 2.05) is 0 Å². The van der Waals surface area contributed by atoms with E-state index in [2.05, 4.69) is 4.89 Å². The third kappa shape index (κ3) is 1.70. The lowest BCUT2D eigenvalue weighted by molar-refractivity contribution is -0.262. The maximum absolute atomic E-state index is 9.09. The summed E-state index contributed by atoms with van der Waals surface area (Å²) < 4.78 is 4.96. The van der Waals surface area contributed by atoms with E-state index in [1.54, 1.807) is 0 Å². The molecule has 3 atom stereocenters. The van der Waals surface area contributed by atoms with Gasteiger partial charge in [0, 0.05) is 6.00 Å². The average molecular weight is 144 g/mol. The van der Waals surface area contributed by atoms with Gasteiger partial charge in [-0.3, -0.25) is 5.26 Å². The summed E-state index contributed by atoms with van der Waals surface area (Å²) in [4.78, 5) is 3.80. The quantitative estimate of drug-likeness (QED) is 0.300. The molecule has 1 rings (SSSR count). The van der Waals surface area contributed by atoms with Crippen LogP contribution in [-0.4, -0.2) is 43.0 Å². The topological polar surface area (TPSA) is 58.9 Å². The molecule has 0 aromatic heterocycles. The molecule has 10 heavy (non-hydrogen) atoms. The summed E-state index contributed by atoms with van der Waals surface area (Å²) in [6, 6.07) is -0.435. The molecule has 4 nitrogen and oxygen atoms in total. The van der Waals surface area contributed by atoms with Crippen LogP contribution in [-0.2, 0) is 9.62 Å². The van der Waals surface area contributed by atoms with Gasteiger partial charge >= 0.3 is 0 Å². The summed E-state index contributed by atoms with van der Waals surface area (Å²) >= 11 is 0. The van der Waals surface area contributed by atoms with Gasteiger partial charge in [0.05, 0.1) is 6.10 Å². The number of aliphatic hydroxyl groups excluding tert-OH is 1. The summed E-state index contributed by atoms with van der Waals surface area (Å²) in [5.41, 5.74) is 0. The molecule has 1 heterocycles. The lowest BCUT2D eigenvalue weighted by Crippen LogP contribution is -2.25. The molecule has 56 valence electrons. The van der Waals surface area contributed by atoms with E-state index in [-0.39, 0.29) is 6.61 Å². The number of hydrogen-bond donors (Lipinski definition) is 2. The first-order valence-corrected chi connectivity index (χ1v) is 3.09. The highest BCUT2D eigenvalue weighted by atomic mass is 17.1. The minimum Gasteiger partial charge on any atom is -0.390 e. The molecule has 0 aromatic carbocycles. The number of hydrogen-bond acceptors (Lipinski definition) is 4. The van der Waals surface area contributed by atoms with Crippen LogP contribution in [0.15, 0.2) is 0 Å². The van der Waals surface area contributed by atoms with Gasteiger partial charge in [-0.15, -0.1) is 0 Å². The fourth-order valence-electron chi connectivity index (χ4n) is 0.984. The third-order valence-electron chi connectivity index (χ3n) is 1.49. The second-order valence-corrected chi connectivity index (χ2v) is 2.31. The molecule has 1 saturated heterocycles. The van der Waals surface area contributed by atoms with E-state index < -0.39 is 18.2 Å². The summed E-state index contributed by atoms with van der Waals surface area (Å²) in [6.07, 6.45) is -0.712. The Morgan fingerprint density at radius 3 is 2.80 bits per heavy atom. The number of aliphatic hydroxyl groups is 1. The fraction of sp³-hybridized carbons (Fsp3) is 1.00. The molecule has 0 saturated carbocycles. The Balaban J connectivity index is 2.31. The molecular weight excluding hydrogens is 135 g/mol. The first kappa shape index (κ1) is 8.01. The maximum atomic E-state index is 9.09. The monoisotopic (exact) mass is 144 g/mol. The summed E-state index contributed by atoms with van der Waals surface area (Å²) in [7, 11) is 5.33. The van der Waals surface area contributed by atoms with E-state index in [0.29, 0.717) is 6.42 Å². The highest BCUT2D eigenvalue weighted by molar-refractivity contribution is 6.11. The molecule has 2 radical (unpaired) electrons. The van der Waals surface area contributed by atoms with E-state index >= 15 is 0 Å². The Labute approximate surface area is 60.1 Å². The molecule has 0 spiro atoms. The molecule has 1 fully saturated rings. The van der Waals surface area contributed by atoms with Crippen LogP contribution in [0, 0.1) is 0 Å². The van der Waals surface area contributed by atoms with Crippen molar-refractivity contribution in [1.82, 2.24) is 0 Å². The highest BCUT2D eigenvalue weighted by Gasteiger charge is 2.30. The van der Waals surface area contributed by atoms with Crippen molar-refractivity contribution in [2.75, 3.05) is 6.61 Å². The van der Waals surface area contributed by atoms with E-state index in [0.717, 1.165) is 0 Å². The third-order valence-corrected chi connectivity index (χ3v) is 1.49. The van der Waals surface area contributed by atoms with Crippen LogP contribution < -0.4 is 0 Å². The molecule has 1 unspecified atom stereocenters. The SMILES string of the molecule is [B][C@H]1CC(O)[C@@H](COO)O1. The van der Waals surface area contributed by atoms with Crippen molar-refractivity contribution >= 4 is 7.85 Å². The molecule has 0 amide bonds. The van der Waals surface area contributed by atoms with Crippen LogP contribution in [0.5, 0.6) is 0 Å². The van der Waals surface area contributed by atoms with Crippen molar-refractivity contribution in [3.63, 3.8) is 0 Å². The average Bonchev–Trinajstić information content (AvgIpc) is 2.13. The highest BCUT2D eigenvalue weighted by Crippen LogP contribution is 2.17. The van der Waals surface area contributed by atoms with Crippen LogP contribution in [0.1, 0.15) is 6.42 Å². The molecule has 5 heteroatoms. The van der Waals surface area contributed by atoms with E-state index in [4.69, 9.17) is 22.9 Å². The van der Waals surface area contributed by atoms with E-state index in [9.17, 15) is 0 Å². The Morgan fingerprint density at radius 1 is 1.70 bits per heavy atom. The molecule has 1 aliphatic rings. The van der Waals surface area contributed by atoms with Crippen LogP contribution in [0.2, 0.25) is 0 Å². The lowest BCUT2D eigenvalue weighted by atomic mass is 9.96. The Hall–Kier alpha value is -0.0951. The predicted molar refractivity (Wildman–Crippen MR) is 33.6 cm³/mol. The van der Waals surface area contributed by atoms with Crippen molar-refractivity contribution < 1.29 is 20.0 Å².